The quantitative estimate of drug-likeness (QED) is 0.495. The van der Waals surface area contributed by atoms with E-state index in [1.807, 2.05) is 0 Å². The van der Waals surface area contributed by atoms with E-state index in [9.17, 15) is 22.8 Å². The van der Waals surface area contributed by atoms with Gasteiger partial charge in [0, 0.05) is 19.4 Å². The molecule has 0 radical (unpaired) electrons. The minimum atomic E-state index is -4.61. The molecule has 9 heteroatoms. The van der Waals surface area contributed by atoms with Crippen LogP contribution in [0.3, 0.4) is 0 Å². The lowest BCUT2D eigenvalue weighted by molar-refractivity contribution is -0.138. The Bertz CT molecular complexity index is 1010. The molecule has 140 valence electrons. The van der Waals surface area contributed by atoms with Crippen LogP contribution in [0.2, 0.25) is 0 Å². The maximum absolute atomic E-state index is 13.4. The van der Waals surface area contributed by atoms with Gasteiger partial charge in [-0.2, -0.15) is 18.2 Å². The Labute approximate surface area is 157 Å². The van der Waals surface area contributed by atoms with Gasteiger partial charge in [-0.15, -0.1) is 6.42 Å². The van der Waals surface area contributed by atoms with E-state index in [-0.39, 0.29) is 34.3 Å². The average Bonchev–Trinajstić information content (AvgIpc) is 2.62. The molecular weight excluding hydrogens is 379 g/mol. The van der Waals surface area contributed by atoms with Gasteiger partial charge in [0.05, 0.1) is 16.9 Å². The minimum Gasteiger partial charge on any atom is -0.312 e. The van der Waals surface area contributed by atoms with Gasteiger partial charge in [0.1, 0.15) is 5.82 Å². The number of amides is 1. The fraction of sp³-hybridized carbons (Fsp3) is 0.278. The van der Waals surface area contributed by atoms with Gasteiger partial charge < -0.3 is 9.88 Å². The topological polar surface area (TPSA) is 64.0 Å². The Morgan fingerprint density at radius 3 is 2.74 bits per heavy atom. The van der Waals surface area contributed by atoms with Crippen molar-refractivity contribution in [1.29, 1.82) is 0 Å². The SMILES string of the molecule is C#CCSc1nc(=O)c2c(n1C)NC(=O)CC2c1ccccc1C(F)(F)F. The Kier molecular flexibility index (Phi) is 5.02. The third-order valence-electron chi connectivity index (χ3n) is 4.23. The van der Waals surface area contributed by atoms with Gasteiger partial charge in [-0.05, 0) is 11.6 Å². The highest BCUT2D eigenvalue weighted by atomic mass is 32.2. The Hall–Kier alpha value is -2.73. The van der Waals surface area contributed by atoms with Crippen LogP contribution >= 0.6 is 11.8 Å². The second-order valence-electron chi connectivity index (χ2n) is 5.90. The lowest BCUT2D eigenvalue weighted by atomic mass is 9.84. The van der Waals surface area contributed by atoms with Crippen LogP contribution in [0.15, 0.2) is 34.2 Å². The number of hydrogen-bond acceptors (Lipinski definition) is 4. The highest BCUT2D eigenvalue weighted by molar-refractivity contribution is 7.99. The number of nitrogens with zero attached hydrogens (tertiary/aromatic N) is 2. The summed E-state index contributed by atoms with van der Waals surface area (Å²) >= 11 is 1.12. The zero-order valence-electron chi connectivity index (χ0n) is 14.1. The fourth-order valence-corrected chi connectivity index (χ4v) is 3.74. The first-order valence-electron chi connectivity index (χ1n) is 7.87. The summed E-state index contributed by atoms with van der Waals surface area (Å²) in [7, 11) is 1.57. The number of carbonyl (C=O) groups excluding carboxylic acids is 1. The molecular formula is C18H14F3N3O2S. The van der Waals surface area contributed by atoms with E-state index in [2.05, 4.69) is 16.2 Å². The van der Waals surface area contributed by atoms with E-state index >= 15 is 0 Å². The number of aromatic nitrogens is 2. The molecule has 1 aromatic carbocycles. The molecule has 2 heterocycles. The summed E-state index contributed by atoms with van der Waals surface area (Å²) in [5, 5.41) is 2.86. The molecule has 3 rings (SSSR count). The standard InChI is InChI=1S/C18H14F3N3O2S/c1-3-8-27-17-23-16(26)14-11(9-13(25)22-15(14)24(17)2)10-6-4-5-7-12(10)18(19,20)21/h1,4-7,11H,8-9H2,2H3,(H,22,25). The molecule has 0 saturated carbocycles. The molecule has 0 fully saturated rings. The van der Waals surface area contributed by atoms with Crippen molar-refractivity contribution in [2.45, 2.75) is 23.7 Å². The number of anilines is 1. The number of hydrogen-bond donors (Lipinski definition) is 1. The number of carbonyl (C=O) groups is 1. The van der Waals surface area contributed by atoms with E-state index < -0.39 is 29.1 Å². The molecule has 1 N–H and O–H groups in total. The number of terminal acetylenes is 1. The first-order valence-corrected chi connectivity index (χ1v) is 8.85. The Balaban J connectivity index is 2.22. The number of alkyl halides is 3. The smallest absolute Gasteiger partial charge is 0.312 e. The number of benzene rings is 1. The number of halogens is 3. The number of nitrogens with one attached hydrogen (secondary N) is 1. The summed E-state index contributed by atoms with van der Waals surface area (Å²) in [5.74, 6) is 1.30. The van der Waals surface area contributed by atoms with E-state index in [0.29, 0.717) is 0 Å². The molecule has 0 aliphatic carbocycles. The van der Waals surface area contributed by atoms with Gasteiger partial charge in [-0.25, -0.2) is 0 Å². The van der Waals surface area contributed by atoms with Crippen LogP contribution in [-0.2, 0) is 18.0 Å². The summed E-state index contributed by atoms with van der Waals surface area (Å²) in [6.07, 6.45) is 0.342. The highest BCUT2D eigenvalue weighted by Crippen LogP contribution is 2.41. The molecule has 1 aromatic heterocycles. The molecule has 1 atom stereocenters. The van der Waals surface area contributed by atoms with Crippen LogP contribution in [0, 0.1) is 12.3 Å². The molecule has 1 aliphatic heterocycles. The van der Waals surface area contributed by atoms with E-state index in [1.165, 1.54) is 22.8 Å². The van der Waals surface area contributed by atoms with E-state index in [0.717, 1.165) is 17.8 Å². The van der Waals surface area contributed by atoms with Crippen molar-refractivity contribution in [3.05, 3.63) is 51.3 Å². The predicted octanol–water partition coefficient (Wildman–Crippen LogP) is 3.00. The van der Waals surface area contributed by atoms with Crippen molar-refractivity contribution in [3.8, 4) is 12.3 Å². The third kappa shape index (κ3) is 3.57. The van der Waals surface area contributed by atoms with Crippen molar-refractivity contribution in [1.82, 2.24) is 9.55 Å². The van der Waals surface area contributed by atoms with E-state index in [1.54, 1.807) is 7.05 Å². The van der Waals surface area contributed by atoms with Crippen LogP contribution < -0.4 is 10.9 Å². The second kappa shape index (κ2) is 7.12. The molecule has 1 aliphatic rings. The van der Waals surface area contributed by atoms with Crippen molar-refractivity contribution < 1.29 is 18.0 Å². The summed E-state index contributed by atoms with van der Waals surface area (Å²) in [6, 6.07) is 4.95. The minimum absolute atomic E-state index is 0.0406. The maximum Gasteiger partial charge on any atom is 0.416 e. The monoisotopic (exact) mass is 393 g/mol. The Morgan fingerprint density at radius 1 is 1.37 bits per heavy atom. The van der Waals surface area contributed by atoms with Gasteiger partial charge in [-0.1, -0.05) is 35.9 Å². The molecule has 0 bridgehead atoms. The van der Waals surface area contributed by atoms with E-state index in [4.69, 9.17) is 6.42 Å². The number of thioether (sulfide) groups is 1. The largest absolute Gasteiger partial charge is 0.416 e. The van der Waals surface area contributed by atoms with Gasteiger partial charge in [0.15, 0.2) is 5.16 Å². The van der Waals surface area contributed by atoms with Crippen LogP contribution in [0.25, 0.3) is 0 Å². The normalized spacial score (nSPS) is 16.4. The van der Waals surface area contributed by atoms with Crippen molar-refractivity contribution in [2.24, 2.45) is 7.05 Å². The first kappa shape index (κ1) is 19.0. The van der Waals surface area contributed by atoms with Crippen molar-refractivity contribution in [2.75, 3.05) is 11.1 Å². The maximum atomic E-state index is 13.4. The lowest BCUT2D eigenvalue weighted by Crippen LogP contribution is -2.34. The lowest BCUT2D eigenvalue weighted by Gasteiger charge is -2.29. The summed E-state index contributed by atoms with van der Waals surface area (Å²) in [4.78, 5) is 28.8. The first-order chi connectivity index (χ1) is 12.7. The average molecular weight is 393 g/mol. The zero-order chi connectivity index (χ0) is 19.8. The van der Waals surface area contributed by atoms with Crippen LogP contribution in [0.5, 0.6) is 0 Å². The van der Waals surface area contributed by atoms with Gasteiger partial charge in [-0.3, -0.25) is 9.59 Å². The summed E-state index contributed by atoms with van der Waals surface area (Å²) in [6.45, 7) is 0. The fourth-order valence-electron chi connectivity index (χ4n) is 3.10. The highest BCUT2D eigenvalue weighted by Gasteiger charge is 2.39. The van der Waals surface area contributed by atoms with Crippen LogP contribution in [-0.4, -0.2) is 21.2 Å². The number of fused-ring (bicyclic) bond motifs is 1. The molecule has 1 amide bonds. The third-order valence-corrected chi connectivity index (χ3v) is 5.16. The van der Waals surface area contributed by atoms with Crippen LogP contribution in [0.4, 0.5) is 19.0 Å². The molecule has 5 nitrogen and oxygen atoms in total. The number of rotatable bonds is 3. The molecule has 27 heavy (non-hydrogen) atoms. The van der Waals surface area contributed by atoms with Crippen molar-refractivity contribution >= 4 is 23.5 Å². The van der Waals surface area contributed by atoms with Crippen LogP contribution in [0.1, 0.15) is 29.0 Å². The van der Waals surface area contributed by atoms with Crippen molar-refractivity contribution in [3.63, 3.8) is 0 Å². The van der Waals surface area contributed by atoms with Gasteiger partial charge in [0.2, 0.25) is 5.91 Å². The molecule has 0 saturated heterocycles. The molecule has 1 unspecified atom stereocenters. The Morgan fingerprint density at radius 2 is 2.07 bits per heavy atom. The molecule has 2 aromatic rings. The zero-order valence-corrected chi connectivity index (χ0v) is 14.9. The second-order valence-corrected chi connectivity index (χ2v) is 6.85. The summed E-state index contributed by atoms with van der Waals surface area (Å²) in [5.41, 5.74) is -1.63. The van der Waals surface area contributed by atoms with Gasteiger partial charge in [0.25, 0.3) is 5.56 Å². The predicted molar refractivity (Wildman–Crippen MR) is 95.6 cm³/mol. The van der Waals surface area contributed by atoms with Gasteiger partial charge >= 0.3 is 6.18 Å². The summed E-state index contributed by atoms with van der Waals surface area (Å²) < 4.78 is 41.8. The molecule has 0 spiro atoms.